The summed E-state index contributed by atoms with van der Waals surface area (Å²) in [6.45, 7) is 8.12. The van der Waals surface area contributed by atoms with Crippen molar-refractivity contribution in [2.45, 2.75) is 13.0 Å². The zero-order chi connectivity index (χ0) is 12.8. The van der Waals surface area contributed by atoms with Gasteiger partial charge in [0.2, 0.25) is 0 Å². The summed E-state index contributed by atoms with van der Waals surface area (Å²) in [4.78, 5) is 4.35. The van der Waals surface area contributed by atoms with Crippen molar-refractivity contribution in [3.63, 3.8) is 0 Å². The molecule has 1 aromatic carbocycles. The standard InChI is InChI=1S/C16H15NO.Y/c1-3-13-8-7-9-14(12-13)16(18-4-2)15-10-5-6-11-17-15;/h1,3,5-7,9-12,16H,4H2,2H3;/q-2;. The molecule has 1 aromatic heterocycles. The molecule has 1 unspecified atom stereocenters. The number of ether oxygens (including phenoxy) is 1. The number of pyridine rings is 1. The van der Waals surface area contributed by atoms with E-state index in [0.717, 1.165) is 16.8 Å². The summed E-state index contributed by atoms with van der Waals surface area (Å²) in [7, 11) is 0. The van der Waals surface area contributed by atoms with Crippen molar-refractivity contribution in [1.29, 1.82) is 0 Å². The van der Waals surface area contributed by atoms with Gasteiger partial charge in [-0.3, -0.25) is 4.98 Å². The van der Waals surface area contributed by atoms with Gasteiger partial charge in [0.1, 0.15) is 6.10 Å². The Morgan fingerprint density at radius 1 is 1.42 bits per heavy atom. The Morgan fingerprint density at radius 2 is 2.26 bits per heavy atom. The molecule has 0 spiro atoms. The fraction of sp³-hybridized carbons (Fsp3) is 0.188. The van der Waals surface area contributed by atoms with Crippen LogP contribution in [0.1, 0.15) is 29.8 Å². The van der Waals surface area contributed by atoms with Crippen molar-refractivity contribution in [2.75, 3.05) is 6.61 Å². The largest absolute Gasteiger partial charge is 0.369 e. The van der Waals surface area contributed by atoms with Crippen molar-refractivity contribution in [2.24, 2.45) is 0 Å². The van der Waals surface area contributed by atoms with Crippen molar-refractivity contribution in [1.82, 2.24) is 4.98 Å². The van der Waals surface area contributed by atoms with Crippen LogP contribution in [0.15, 0.2) is 42.6 Å². The fourth-order valence-electron chi connectivity index (χ4n) is 1.81. The van der Waals surface area contributed by atoms with E-state index in [4.69, 9.17) is 11.3 Å². The number of hydrogen-bond acceptors (Lipinski definition) is 2. The Hall–Kier alpha value is -0.826. The van der Waals surface area contributed by atoms with Crippen molar-refractivity contribution in [3.8, 4) is 0 Å². The Labute approximate surface area is 139 Å². The quantitative estimate of drug-likeness (QED) is 0.785. The fourth-order valence-corrected chi connectivity index (χ4v) is 1.81. The second kappa shape index (κ2) is 8.37. The molecule has 19 heavy (non-hydrogen) atoms. The van der Waals surface area contributed by atoms with Crippen LogP contribution < -0.4 is 0 Å². The molecule has 2 aromatic rings. The van der Waals surface area contributed by atoms with Crippen LogP contribution in [0.5, 0.6) is 0 Å². The number of rotatable bonds is 5. The molecule has 0 amide bonds. The molecule has 0 saturated heterocycles. The third-order valence-corrected chi connectivity index (χ3v) is 2.62. The van der Waals surface area contributed by atoms with E-state index < -0.39 is 0 Å². The number of hydrogen-bond donors (Lipinski definition) is 0. The minimum Gasteiger partial charge on any atom is -0.369 e. The van der Waals surface area contributed by atoms with Gasteiger partial charge in [0.05, 0.1) is 5.69 Å². The molecule has 0 aliphatic rings. The van der Waals surface area contributed by atoms with Crippen LogP contribution in [0.25, 0.3) is 6.08 Å². The van der Waals surface area contributed by atoms with Gasteiger partial charge in [0.15, 0.2) is 0 Å². The summed E-state index contributed by atoms with van der Waals surface area (Å²) in [5.74, 6) is 0. The molecule has 2 rings (SSSR count). The molecule has 95 valence electrons. The van der Waals surface area contributed by atoms with E-state index in [1.807, 2.05) is 43.3 Å². The number of benzene rings is 1. The molecule has 0 fully saturated rings. The van der Waals surface area contributed by atoms with Crippen molar-refractivity contribution in [3.05, 3.63) is 72.1 Å². The Balaban J connectivity index is 0.00000180. The monoisotopic (exact) mass is 326 g/mol. The van der Waals surface area contributed by atoms with Gasteiger partial charge in [-0.15, -0.1) is 11.6 Å². The maximum absolute atomic E-state index is 5.78. The van der Waals surface area contributed by atoms with Gasteiger partial charge in [0, 0.05) is 45.5 Å². The second-order valence-corrected chi connectivity index (χ2v) is 3.83. The third-order valence-electron chi connectivity index (χ3n) is 2.62. The first kappa shape index (κ1) is 16.2. The van der Waals surface area contributed by atoms with Gasteiger partial charge in [-0.25, -0.2) is 12.1 Å². The molecule has 2 nitrogen and oxygen atoms in total. The molecular weight excluding hydrogens is 311 g/mol. The molecule has 1 heterocycles. The summed E-state index contributed by atoms with van der Waals surface area (Å²) in [5, 5.41) is 0. The van der Waals surface area contributed by atoms with Crippen molar-refractivity contribution >= 4 is 6.08 Å². The van der Waals surface area contributed by atoms with Crippen LogP contribution in [0.2, 0.25) is 0 Å². The first-order chi connectivity index (χ1) is 8.85. The first-order valence-electron chi connectivity index (χ1n) is 5.94. The molecule has 1 atom stereocenters. The Kier molecular flexibility index (Phi) is 7.15. The Morgan fingerprint density at radius 3 is 2.89 bits per heavy atom. The summed E-state index contributed by atoms with van der Waals surface area (Å²) in [6, 6.07) is 14.7. The van der Waals surface area contributed by atoms with Crippen LogP contribution in [-0.4, -0.2) is 11.6 Å². The van der Waals surface area contributed by atoms with Crippen LogP contribution in [0, 0.1) is 12.6 Å². The van der Waals surface area contributed by atoms with E-state index >= 15 is 0 Å². The zero-order valence-electron chi connectivity index (χ0n) is 10.9. The van der Waals surface area contributed by atoms with E-state index in [9.17, 15) is 0 Å². The molecule has 0 aliphatic heterocycles. The average molecular weight is 326 g/mol. The number of nitrogens with zero attached hydrogens (tertiary/aromatic N) is 1. The van der Waals surface area contributed by atoms with Gasteiger partial charge >= 0.3 is 0 Å². The van der Waals surface area contributed by atoms with E-state index in [1.165, 1.54) is 6.08 Å². The van der Waals surface area contributed by atoms with E-state index in [0.29, 0.717) is 6.61 Å². The molecule has 0 bridgehead atoms. The molecule has 1 radical (unpaired) electrons. The topological polar surface area (TPSA) is 22.1 Å². The third kappa shape index (κ3) is 4.34. The van der Waals surface area contributed by atoms with Crippen molar-refractivity contribution < 1.29 is 37.4 Å². The first-order valence-corrected chi connectivity index (χ1v) is 5.94. The van der Waals surface area contributed by atoms with Gasteiger partial charge < -0.3 is 23.0 Å². The predicted octanol–water partition coefficient (Wildman–Crippen LogP) is 3.45. The summed E-state index contributed by atoms with van der Waals surface area (Å²) >= 11 is 0. The maximum atomic E-state index is 5.78. The predicted molar refractivity (Wildman–Crippen MR) is 71.7 cm³/mol. The maximum Gasteiger partial charge on any atom is 0.106 e. The summed E-state index contributed by atoms with van der Waals surface area (Å²) in [6.07, 6.45) is 3.14. The number of aromatic nitrogens is 1. The van der Waals surface area contributed by atoms with E-state index in [2.05, 4.69) is 11.1 Å². The summed E-state index contributed by atoms with van der Waals surface area (Å²) in [5.41, 5.74) is 2.78. The van der Waals surface area contributed by atoms with Gasteiger partial charge in [-0.1, -0.05) is 6.07 Å². The van der Waals surface area contributed by atoms with E-state index in [1.54, 1.807) is 6.20 Å². The minimum absolute atomic E-state index is 0. The molecule has 3 heteroatoms. The zero-order valence-corrected chi connectivity index (χ0v) is 13.8. The normalized spacial score (nSPS) is 11.4. The van der Waals surface area contributed by atoms with Gasteiger partial charge in [-0.2, -0.15) is 6.07 Å². The van der Waals surface area contributed by atoms with Crippen LogP contribution in [0.3, 0.4) is 0 Å². The minimum atomic E-state index is -0.163. The average Bonchev–Trinajstić information content (AvgIpc) is 2.46. The molecular formula is C16H15NOY-2. The smallest absolute Gasteiger partial charge is 0.106 e. The molecule has 0 saturated carbocycles. The van der Waals surface area contributed by atoms with Crippen LogP contribution in [-0.2, 0) is 37.4 Å². The molecule has 0 aliphatic carbocycles. The Bertz CT molecular complexity index is 513. The van der Waals surface area contributed by atoms with Gasteiger partial charge in [-0.05, 0) is 19.1 Å². The summed E-state index contributed by atoms with van der Waals surface area (Å²) < 4.78 is 5.78. The van der Waals surface area contributed by atoms with Gasteiger partial charge in [0.25, 0.3) is 0 Å². The second-order valence-electron chi connectivity index (χ2n) is 3.83. The molecule has 0 N–H and O–H groups in total. The van der Waals surface area contributed by atoms with Crippen LogP contribution >= 0.6 is 0 Å². The van der Waals surface area contributed by atoms with E-state index in [-0.39, 0.29) is 38.8 Å². The SMILES string of the molecule is [CH-]=Cc1[c-]ccc(C(OCC)c2ccccn2)c1.[Y]. The van der Waals surface area contributed by atoms with Crippen LogP contribution in [0.4, 0.5) is 0 Å².